The van der Waals surface area contributed by atoms with E-state index in [-0.39, 0.29) is 35.5 Å². The van der Waals surface area contributed by atoms with Gasteiger partial charge in [0.2, 0.25) is 15.9 Å². The molecule has 1 aliphatic carbocycles. The Kier molecular flexibility index (Phi) is 5.81. The molecule has 1 saturated carbocycles. The van der Waals surface area contributed by atoms with E-state index in [0.29, 0.717) is 18.7 Å². The van der Waals surface area contributed by atoms with Crippen molar-refractivity contribution in [2.45, 2.75) is 43.9 Å². The Morgan fingerprint density at radius 1 is 1.11 bits per heavy atom. The van der Waals surface area contributed by atoms with Crippen LogP contribution in [0.3, 0.4) is 0 Å². The molecule has 8 nitrogen and oxygen atoms in total. The van der Waals surface area contributed by atoms with Crippen LogP contribution >= 0.6 is 0 Å². The first-order valence-corrected chi connectivity index (χ1v) is 10.8. The van der Waals surface area contributed by atoms with Gasteiger partial charge in [0.1, 0.15) is 0 Å². The number of carbonyl (C=O) groups is 1. The maximum absolute atomic E-state index is 12.9. The van der Waals surface area contributed by atoms with Crippen molar-refractivity contribution in [2.24, 2.45) is 5.92 Å². The number of benzene rings is 1. The number of hydrogen-bond donors (Lipinski definition) is 0. The predicted octanol–water partition coefficient (Wildman–Crippen LogP) is 2.32. The zero-order valence-electron chi connectivity index (χ0n) is 15.5. The molecule has 27 heavy (non-hydrogen) atoms. The summed E-state index contributed by atoms with van der Waals surface area (Å²) >= 11 is 0. The van der Waals surface area contributed by atoms with E-state index in [2.05, 4.69) is 0 Å². The number of rotatable bonds is 4. The van der Waals surface area contributed by atoms with Gasteiger partial charge in [-0.25, -0.2) is 8.42 Å². The van der Waals surface area contributed by atoms with Gasteiger partial charge in [0, 0.05) is 44.2 Å². The highest BCUT2D eigenvalue weighted by Crippen LogP contribution is 2.28. The number of nitro groups is 1. The summed E-state index contributed by atoms with van der Waals surface area (Å²) in [6.45, 7) is 2.83. The first-order valence-electron chi connectivity index (χ1n) is 9.34. The van der Waals surface area contributed by atoms with E-state index >= 15 is 0 Å². The maximum atomic E-state index is 12.9. The zero-order chi connectivity index (χ0) is 19.6. The van der Waals surface area contributed by atoms with E-state index in [1.165, 1.54) is 28.9 Å². The monoisotopic (exact) mass is 395 g/mol. The smallest absolute Gasteiger partial charge is 0.269 e. The van der Waals surface area contributed by atoms with E-state index < -0.39 is 14.9 Å². The number of aryl methyl sites for hydroxylation is 1. The number of piperazine rings is 1. The third-order valence-electron chi connectivity index (χ3n) is 5.49. The summed E-state index contributed by atoms with van der Waals surface area (Å²) in [4.78, 5) is 24.8. The van der Waals surface area contributed by atoms with Crippen LogP contribution in [0, 0.1) is 23.0 Å². The van der Waals surface area contributed by atoms with Crippen molar-refractivity contribution in [3.8, 4) is 0 Å². The molecule has 0 atom stereocenters. The fourth-order valence-corrected chi connectivity index (χ4v) is 5.56. The van der Waals surface area contributed by atoms with E-state index in [1.807, 2.05) is 0 Å². The maximum Gasteiger partial charge on any atom is 0.269 e. The number of nitrogens with zero attached hydrogens (tertiary/aromatic N) is 3. The molecule has 2 fully saturated rings. The van der Waals surface area contributed by atoms with Crippen LogP contribution in [0.15, 0.2) is 23.1 Å². The van der Waals surface area contributed by atoms with Crippen molar-refractivity contribution >= 4 is 21.6 Å². The first kappa shape index (κ1) is 19.8. The van der Waals surface area contributed by atoms with Crippen LogP contribution in [0.4, 0.5) is 5.69 Å². The Morgan fingerprint density at radius 2 is 1.74 bits per heavy atom. The molecule has 0 radical (unpaired) electrons. The SMILES string of the molecule is Cc1cc([N+](=O)[O-])ccc1S(=O)(=O)N1CCN(C(=O)C2CCCCC2)CC1. The molecule has 0 unspecified atom stereocenters. The normalized spacial score (nSPS) is 19.8. The molecule has 1 aromatic carbocycles. The van der Waals surface area contributed by atoms with E-state index in [9.17, 15) is 23.3 Å². The van der Waals surface area contributed by atoms with Gasteiger partial charge in [-0.1, -0.05) is 19.3 Å². The van der Waals surface area contributed by atoms with Crippen LogP contribution in [-0.4, -0.2) is 54.6 Å². The fourth-order valence-electron chi connectivity index (χ4n) is 3.93. The van der Waals surface area contributed by atoms with Gasteiger partial charge in [-0.15, -0.1) is 0 Å². The van der Waals surface area contributed by atoms with Crippen LogP contribution in [0.1, 0.15) is 37.7 Å². The molecule has 0 aromatic heterocycles. The standard InChI is InChI=1S/C18H25N3O5S/c1-14-13-16(21(23)24)7-8-17(14)27(25,26)20-11-9-19(10-12-20)18(22)15-5-3-2-4-6-15/h7-8,13,15H,2-6,9-12H2,1H3. The zero-order valence-corrected chi connectivity index (χ0v) is 16.3. The fraction of sp³-hybridized carbons (Fsp3) is 0.611. The molecule has 1 aromatic rings. The van der Waals surface area contributed by atoms with Gasteiger partial charge >= 0.3 is 0 Å². The minimum Gasteiger partial charge on any atom is -0.340 e. The van der Waals surface area contributed by atoms with Gasteiger partial charge < -0.3 is 4.90 Å². The Morgan fingerprint density at radius 3 is 2.30 bits per heavy atom. The minimum absolute atomic E-state index is 0.0822. The van der Waals surface area contributed by atoms with Gasteiger partial charge in [-0.05, 0) is 31.4 Å². The number of hydrogen-bond acceptors (Lipinski definition) is 5. The molecule has 1 aliphatic heterocycles. The molecule has 2 aliphatic rings. The molecule has 148 valence electrons. The summed E-state index contributed by atoms with van der Waals surface area (Å²) in [6, 6.07) is 3.78. The average Bonchev–Trinajstić information content (AvgIpc) is 2.68. The van der Waals surface area contributed by atoms with Crippen molar-refractivity contribution in [2.75, 3.05) is 26.2 Å². The Labute approximate surface area is 159 Å². The predicted molar refractivity (Wildman–Crippen MR) is 99.7 cm³/mol. The third kappa shape index (κ3) is 4.14. The van der Waals surface area contributed by atoms with Gasteiger partial charge in [0.15, 0.2) is 0 Å². The highest BCUT2D eigenvalue weighted by atomic mass is 32.2. The second-order valence-corrected chi connectivity index (χ2v) is 9.18. The van der Waals surface area contributed by atoms with Crippen molar-refractivity contribution in [3.05, 3.63) is 33.9 Å². The van der Waals surface area contributed by atoms with Crippen LogP contribution in [0.2, 0.25) is 0 Å². The number of nitro benzene ring substituents is 1. The number of carbonyl (C=O) groups excluding carboxylic acids is 1. The van der Waals surface area contributed by atoms with E-state index in [1.54, 1.807) is 11.8 Å². The lowest BCUT2D eigenvalue weighted by Gasteiger charge is -2.36. The van der Waals surface area contributed by atoms with Gasteiger partial charge in [-0.3, -0.25) is 14.9 Å². The Hall–Kier alpha value is -2.00. The molecule has 0 spiro atoms. The van der Waals surface area contributed by atoms with Crippen molar-refractivity contribution in [1.82, 2.24) is 9.21 Å². The molecular formula is C18H25N3O5S. The summed E-state index contributed by atoms with van der Waals surface area (Å²) in [5, 5.41) is 10.9. The molecule has 1 saturated heterocycles. The average molecular weight is 395 g/mol. The summed E-state index contributed by atoms with van der Waals surface area (Å²) < 4.78 is 27.2. The lowest BCUT2D eigenvalue weighted by atomic mass is 9.88. The molecule has 1 amide bonds. The molecule has 0 N–H and O–H groups in total. The molecule has 3 rings (SSSR count). The van der Waals surface area contributed by atoms with Gasteiger partial charge in [0.25, 0.3) is 5.69 Å². The third-order valence-corrected chi connectivity index (χ3v) is 7.55. The molecule has 1 heterocycles. The summed E-state index contributed by atoms with van der Waals surface area (Å²) in [5.41, 5.74) is 0.222. The lowest BCUT2D eigenvalue weighted by molar-refractivity contribution is -0.385. The molecular weight excluding hydrogens is 370 g/mol. The Balaban J connectivity index is 1.68. The molecule has 9 heteroatoms. The van der Waals surface area contributed by atoms with Crippen LogP contribution in [0.25, 0.3) is 0 Å². The van der Waals surface area contributed by atoms with Crippen LogP contribution in [-0.2, 0) is 14.8 Å². The van der Waals surface area contributed by atoms with Crippen molar-refractivity contribution in [1.29, 1.82) is 0 Å². The van der Waals surface area contributed by atoms with Gasteiger partial charge in [-0.2, -0.15) is 4.31 Å². The lowest BCUT2D eigenvalue weighted by Crippen LogP contribution is -2.52. The number of sulfonamides is 1. The largest absolute Gasteiger partial charge is 0.340 e. The van der Waals surface area contributed by atoms with E-state index in [4.69, 9.17) is 0 Å². The Bertz CT molecular complexity index is 825. The van der Waals surface area contributed by atoms with Crippen LogP contribution < -0.4 is 0 Å². The first-order chi connectivity index (χ1) is 12.8. The van der Waals surface area contributed by atoms with Crippen molar-refractivity contribution < 1.29 is 18.1 Å². The van der Waals surface area contributed by atoms with E-state index in [0.717, 1.165) is 25.7 Å². The minimum atomic E-state index is -3.74. The summed E-state index contributed by atoms with van der Waals surface area (Å²) in [6.07, 6.45) is 5.22. The quantitative estimate of drug-likeness (QED) is 0.575. The highest BCUT2D eigenvalue weighted by Gasteiger charge is 2.33. The number of non-ortho nitro benzene ring substituents is 1. The summed E-state index contributed by atoms with van der Waals surface area (Å²) in [5.74, 6) is 0.233. The second kappa shape index (κ2) is 7.93. The topological polar surface area (TPSA) is 101 Å². The van der Waals surface area contributed by atoms with Gasteiger partial charge in [0.05, 0.1) is 9.82 Å². The summed E-state index contributed by atoms with van der Waals surface area (Å²) in [7, 11) is -3.74. The number of amides is 1. The van der Waals surface area contributed by atoms with Crippen molar-refractivity contribution in [3.63, 3.8) is 0 Å². The van der Waals surface area contributed by atoms with Crippen LogP contribution in [0.5, 0.6) is 0 Å². The highest BCUT2D eigenvalue weighted by molar-refractivity contribution is 7.89. The molecule has 0 bridgehead atoms. The second-order valence-electron chi connectivity index (χ2n) is 7.27.